The average molecular weight is 288 g/mol. The molecule has 0 aromatic carbocycles. The van der Waals surface area contributed by atoms with Crippen LogP contribution >= 0.6 is 0 Å². The zero-order valence-electron chi connectivity index (χ0n) is 13.2. The van der Waals surface area contributed by atoms with Crippen LogP contribution in [-0.2, 0) is 6.54 Å². The van der Waals surface area contributed by atoms with Crippen molar-refractivity contribution in [2.45, 2.75) is 40.2 Å². The van der Waals surface area contributed by atoms with Crippen LogP contribution in [0.15, 0.2) is 18.5 Å². The van der Waals surface area contributed by atoms with Crippen molar-refractivity contribution in [1.82, 2.24) is 19.7 Å². The Hall–Kier alpha value is -2.11. The van der Waals surface area contributed by atoms with E-state index >= 15 is 0 Å². The quantitative estimate of drug-likeness (QED) is 0.820. The van der Waals surface area contributed by atoms with E-state index in [4.69, 9.17) is 0 Å². The molecule has 0 aliphatic heterocycles. The van der Waals surface area contributed by atoms with E-state index < -0.39 is 0 Å². The Morgan fingerprint density at radius 2 is 1.90 bits per heavy atom. The number of nitrogens with one attached hydrogen (secondary N) is 2. The van der Waals surface area contributed by atoms with Gasteiger partial charge in [0, 0.05) is 37.0 Å². The van der Waals surface area contributed by atoms with Crippen LogP contribution in [0.3, 0.4) is 0 Å². The fourth-order valence-corrected chi connectivity index (χ4v) is 2.03. The molecule has 6 heteroatoms. The topological polar surface area (TPSA) is 67.7 Å². The zero-order valence-corrected chi connectivity index (χ0v) is 13.2. The summed E-state index contributed by atoms with van der Waals surface area (Å²) >= 11 is 0. The summed E-state index contributed by atoms with van der Waals surface area (Å²) in [6.45, 7) is 10.8. The number of rotatable bonds is 7. The van der Waals surface area contributed by atoms with Crippen LogP contribution in [0.2, 0.25) is 0 Å². The van der Waals surface area contributed by atoms with Gasteiger partial charge in [0.25, 0.3) is 0 Å². The van der Waals surface area contributed by atoms with Gasteiger partial charge < -0.3 is 10.6 Å². The minimum Gasteiger partial charge on any atom is -0.370 e. The van der Waals surface area contributed by atoms with Crippen molar-refractivity contribution in [3.8, 4) is 0 Å². The maximum Gasteiger partial charge on any atom is 0.135 e. The van der Waals surface area contributed by atoms with Gasteiger partial charge in [0.05, 0.1) is 6.54 Å². The van der Waals surface area contributed by atoms with Crippen molar-refractivity contribution in [3.63, 3.8) is 0 Å². The van der Waals surface area contributed by atoms with Crippen molar-refractivity contribution < 1.29 is 0 Å². The predicted molar refractivity (Wildman–Crippen MR) is 85.7 cm³/mol. The van der Waals surface area contributed by atoms with E-state index in [9.17, 15) is 0 Å². The van der Waals surface area contributed by atoms with Gasteiger partial charge in [-0.1, -0.05) is 13.8 Å². The third kappa shape index (κ3) is 3.93. The maximum atomic E-state index is 4.64. The first-order valence-electron chi connectivity index (χ1n) is 7.45. The Bertz CT molecular complexity index is 562. The number of hydrogen-bond acceptors (Lipinski definition) is 5. The summed E-state index contributed by atoms with van der Waals surface area (Å²) in [5.74, 6) is 2.97. The van der Waals surface area contributed by atoms with E-state index in [0.717, 1.165) is 42.7 Å². The molecular formula is C15H24N6. The predicted octanol–water partition coefficient (Wildman–Crippen LogP) is 2.65. The van der Waals surface area contributed by atoms with Crippen molar-refractivity contribution in [2.75, 3.05) is 23.7 Å². The molecule has 6 nitrogen and oxygen atoms in total. The summed E-state index contributed by atoms with van der Waals surface area (Å²) in [5.41, 5.74) is 1.06. The van der Waals surface area contributed by atoms with Gasteiger partial charge in [-0.25, -0.2) is 9.97 Å². The van der Waals surface area contributed by atoms with Crippen LogP contribution in [0.1, 0.15) is 38.1 Å². The largest absolute Gasteiger partial charge is 0.370 e. The molecule has 114 valence electrons. The number of hydrogen-bond donors (Lipinski definition) is 2. The van der Waals surface area contributed by atoms with Crippen molar-refractivity contribution in [2.24, 2.45) is 0 Å². The standard InChI is InChI=1S/C15H24N6/c1-5-16-14-12(4)15(20-13(19-14)11(2)3)17-8-10-21-9-6-7-18-21/h6-7,9,11H,5,8,10H2,1-4H3,(H2,16,17,19,20). The first kappa shape index (κ1) is 15.3. The molecule has 2 heterocycles. The summed E-state index contributed by atoms with van der Waals surface area (Å²) in [6.07, 6.45) is 3.74. The number of nitrogens with zero attached hydrogens (tertiary/aromatic N) is 4. The van der Waals surface area contributed by atoms with Gasteiger partial charge in [-0.15, -0.1) is 0 Å². The summed E-state index contributed by atoms with van der Waals surface area (Å²) < 4.78 is 1.90. The fraction of sp³-hybridized carbons (Fsp3) is 0.533. The molecule has 2 aromatic rings. The van der Waals surface area contributed by atoms with Gasteiger partial charge in [0.15, 0.2) is 0 Å². The highest BCUT2D eigenvalue weighted by Gasteiger charge is 2.12. The van der Waals surface area contributed by atoms with Crippen LogP contribution in [0.25, 0.3) is 0 Å². The minimum absolute atomic E-state index is 0.301. The lowest BCUT2D eigenvalue weighted by Gasteiger charge is -2.16. The van der Waals surface area contributed by atoms with E-state index in [0.29, 0.717) is 5.92 Å². The molecule has 0 aliphatic rings. The zero-order chi connectivity index (χ0) is 15.2. The highest BCUT2D eigenvalue weighted by Crippen LogP contribution is 2.22. The number of anilines is 2. The molecule has 0 radical (unpaired) electrons. The summed E-state index contributed by atoms with van der Waals surface area (Å²) in [4.78, 5) is 9.24. The molecule has 0 saturated heterocycles. The second-order valence-electron chi connectivity index (χ2n) is 5.28. The van der Waals surface area contributed by atoms with E-state index in [2.05, 4.69) is 46.5 Å². The van der Waals surface area contributed by atoms with Gasteiger partial charge in [0.2, 0.25) is 0 Å². The molecule has 0 spiro atoms. The first-order chi connectivity index (χ1) is 10.1. The maximum absolute atomic E-state index is 4.64. The molecule has 0 amide bonds. The molecule has 0 bridgehead atoms. The van der Waals surface area contributed by atoms with E-state index in [1.165, 1.54) is 0 Å². The lowest BCUT2D eigenvalue weighted by Crippen LogP contribution is -2.15. The van der Waals surface area contributed by atoms with Crippen molar-refractivity contribution in [1.29, 1.82) is 0 Å². The van der Waals surface area contributed by atoms with Gasteiger partial charge in [-0.05, 0) is 19.9 Å². The Morgan fingerprint density at radius 1 is 1.19 bits per heavy atom. The third-order valence-corrected chi connectivity index (χ3v) is 3.22. The Labute approximate surface area is 126 Å². The monoisotopic (exact) mass is 288 g/mol. The highest BCUT2D eigenvalue weighted by molar-refractivity contribution is 5.57. The molecule has 2 rings (SSSR count). The van der Waals surface area contributed by atoms with Crippen LogP contribution in [-0.4, -0.2) is 32.8 Å². The van der Waals surface area contributed by atoms with Crippen LogP contribution in [0.4, 0.5) is 11.6 Å². The van der Waals surface area contributed by atoms with Gasteiger partial charge >= 0.3 is 0 Å². The second-order valence-corrected chi connectivity index (χ2v) is 5.28. The summed E-state index contributed by atoms with van der Waals surface area (Å²) in [7, 11) is 0. The van der Waals surface area contributed by atoms with Gasteiger partial charge in [0.1, 0.15) is 17.5 Å². The molecular weight excluding hydrogens is 264 g/mol. The molecule has 0 atom stereocenters. The molecule has 21 heavy (non-hydrogen) atoms. The van der Waals surface area contributed by atoms with E-state index in [1.807, 2.05) is 23.9 Å². The normalized spacial score (nSPS) is 10.9. The molecule has 0 fully saturated rings. The minimum atomic E-state index is 0.301. The Balaban J connectivity index is 2.12. The number of aromatic nitrogens is 4. The molecule has 2 aromatic heterocycles. The van der Waals surface area contributed by atoms with Crippen molar-refractivity contribution >= 4 is 11.6 Å². The Kier molecular flexibility index (Phi) is 5.14. The summed E-state index contributed by atoms with van der Waals surface area (Å²) in [5, 5.41) is 10.9. The van der Waals surface area contributed by atoms with Gasteiger partial charge in [-0.2, -0.15) is 5.10 Å². The highest BCUT2D eigenvalue weighted by atomic mass is 15.3. The molecule has 0 unspecified atom stereocenters. The Morgan fingerprint density at radius 3 is 2.48 bits per heavy atom. The molecule has 2 N–H and O–H groups in total. The SMILES string of the molecule is CCNc1nc(C(C)C)nc(NCCn2cccn2)c1C. The van der Waals surface area contributed by atoms with Gasteiger partial charge in [-0.3, -0.25) is 4.68 Å². The smallest absolute Gasteiger partial charge is 0.135 e. The fourth-order valence-electron chi connectivity index (χ4n) is 2.03. The van der Waals surface area contributed by atoms with E-state index in [1.54, 1.807) is 6.20 Å². The lowest BCUT2D eigenvalue weighted by atomic mass is 10.2. The average Bonchev–Trinajstić information content (AvgIpc) is 2.96. The third-order valence-electron chi connectivity index (χ3n) is 3.22. The van der Waals surface area contributed by atoms with Crippen LogP contribution in [0.5, 0.6) is 0 Å². The van der Waals surface area contributed by atoms with Crippen LogP contribution in [0, 0.1) is 6.92 Å². The lowest BCUT2D eigenvalue weighted by molar-refractivity contribution is 0.636. The van der Waals surface area contributed by atoms with E-state index in [-0.39, 0.29) is 0 Å². The van der Waals surface area contributed by atoms with Crippen LogP contribution < -0.4 is 10.6 Å². The van der Waals surface area contributed by atoms with Crippen molar-refractivity contribution in [3.05, 3.63) is 29.8 Å². The molecule has 0 saturated carbocycles. The first-order valence-corrected chi connectivity index (χ1v) is 7.45. The second kappa shape index (κ2) is 7.06. The molecule has 0 aliphatic carbocycles. The summed E-state index contributed by atoms with van der Waals surface area (Å²) in [6, 6.07) is 1.93.